The van der Waals surface area contributed by atoms with Crippen LogP contribution in [0.3, 0.4) is 0 Å². The Bertz CT molecular complexity index is 617. The molecule has 2 aromatic rings. The maximum absolute atomic E-state index is 5.26. The lowest BCUT2D eigenvalue weighted by molar-refractivity contribution is 0.677. The number of benzene rings is 1. The second kappa shape index (κ2) is 5.53. The van der Waals surface area contributed by atoms with Crippen LogP contribution in [0.25, 0.3) is 0 Å². The predicted molar refractivity (Wildman–Crippen MR) is 88.1 cm³/mol. The topological polar surface area (TPSA) is 24.4 Å². The third-order valence-corrected chi connectivity index (χ3v) is 4.72. The lowest BCUT2D eigenvalue weighted by Crippen LogP contribution is -2.32. The zero-order chi connectivity index (χ0) is 13.2. The normalized spacial score (nSPS) is 18.9. The molecule has 0 fully saturated rings. The van der Waals surface area contributed by atoms with Gasteiger partial charge in [-0.05, 0) is 41.4 Å². The Kier molecular flexibility index (Phi) is 3.77. The Morgan fingerprint density at radius 2 is 2.05 bits per heavy atom. The Balaban J connectivity index is 1.89. The molecule has 96 valence electrons. The molecule has 5 heteroatoms. The molecule has 1 unspecified atom stereocenters. The van der Waals surface area contributed by atoms with Crippen molar-refractivity contribution in [2.24, 2.45) is 4.99 Å². The first-order valence-electron chi connectivity index (χ1n) is 5.90. The van der Waals surface area contributed by atoms with E-state index in [2.05, 4.69) is 55.9 Å². The molecular weight excluding hydrogens is 340 g/mol. The molecule has 0 saturated heterocycles. The van der Waals surface area contributed by atoms with Gasteiger partial charge in [0.2, 0.25) is 0 Å². The molecule has 0 saturated carbocycles. The van der Waals surface area contributed by atoms with Gasteiger partial charge < -0.3 is 5.32 Å². The van der Waals surface area contributed by atoms with Gasteiger partial charge in [-0.15, -0.1) is 11.3 Å². The molecule has 0 bridgehead atoms. The second-order valence-corrected chi connectivity index (χ2v) is 6.57. The molecule has 0 aliphatic carbocycles. The maximum atomic E-state index is 5.26. The maximum Gasteiger partial charge on any atom is 0.193 e. The molecule has 3 rings (SSSR count). The van der Waals surface area contributed by atoms with Crippen molar-refractivity contribution < 1.29 is 0 Å². The average Bonchev–Trinajstić information content (AvgIpc) is 2.93. The van der Waals surface area contributed by atoms with Gasteiger partial charge >= 0.3 is 0 Å². The van der Waals surface area contributed by atoms with Gasteiger partial charge in [0.1, 0.15) is 0 Å². The van der Waals surface area contributed by atoms with Gasteiger partial charge in [-0.2, -0.15) is 0 Å². The molecule has 1 N–H and O–H groups in total. The molecule has 1 aliphatic rings. The van der Waals surface area contributed by atoms with E-state index >= 15 is 0 Å². The summed E-state index contributed by atoms with van der Waals surface area (Å²) in [6, 6.07) is 12.6. The van der Waals surface area contributed by atoms with E-state index in [0.717, 1.165) is 22.2 Å². The number of halogens is 1. The summed E-state index contributed by atoms with van der Waals surface area (Å²) >= 11 is 10.5. The van der Waals surface area contributed by atoms with Crippen molar-refractivity contribution in [1.29, 1.82) is 0 Å². The van der Waals surface area contributed by atoms with Gasteiger partial charge in [0.15, 0.2) is 5.11 Å². The summed E-state index contributed by atoms with van der Waals surface area (Å²) in [5, 5.41) is 5.94. The summed E-state index contributed by atoms with van der Waals surface area (Å²) in [7, 11) is 0. The highest BCUT2D eigenvalue weighted by molar-refractivity contribution is 9.10. The number of thiocarbonyl (C=S) groups is 1. The third kappa shape index (κ3) is 2.94. The van der Waals surface area contributed by atoms with Gasteiger partial charge in [0, 0.05) is 15.8 Å². The highest BCUT2D eigenvalue weighted by Crippen LogP contribution is 2.27. The minimum absolute atomic E-state index is 0.239. The quantitative estimate of drug-likeness (QED) is 0.815. The Hall–Kier alpha value is -1.04. The summed E-state index contributed by atoms with van der Waals surface area (Å²) in [5.74, 6) is 0. The first-order chi connectivity index (χ1) is 9.22. The average molecular weight is 351 g/mol. The van der Waals surface area contributed by atoms with Crippen LogP contribution in [0.5, 0.6) is 0 Å². The van der Waals surface area contributed by atoms with E-state index in [0.29, 0.717) is 5.11 Å². The van der Waals surface area contributed by atoms with Crippen LogP contribution >= 0.6 is 39.5 Å². The van der Waals surface area contributed by atoms with Crippen LogP contribution in [-0.2, 0) is 0 Å². The van der Waals surface area contributed by atoms with E-state index in [1.54, 1.807) is 11.3 Å². The fourth-order valence-electron chi connectivity index (χ4n) is 2.08. The number of thiophene rings is 1. The zero-order valence-corrected chi connectivity index (χ0v) is 13.2. The van der Waals surface area contributed by atoms with Crippen molar-refractivity contribution in [2.75, 3.05) is 0 Å². The van der Waals surface area contributed by atoms with Crippen molar-refractivity contribution in [1.82, 2.24) is 5.32 Å². The molecule has 2 nitrogen and oxygen atoms in total. The smallest absolute Gasteiger partial charge is 0.193 e. The molecule has 2 heterocycles. The molecule has 1 aliphatic heterocycles. The Labute approximate surface area is 129 Å². The van der Waals surface area contributed by atoms with Crippen LogP contribution in [0.1, 0.15) is 22.9 Å². The van der Waals surface area contributed by atoms with E-state index < -0.39 is 0 Å². The number of nitrogens with zero attached hydrogens (tertiary/aromatic N) is 1. The number of nitrogens with one attached hydrogen (secondary N) is 1. The lowest BCUT2D eigenvalue weighted by atomic mass is 10.0. The SMILES string of the molecule is S=C1N=C(c2ccc(Br)cc2)CC(c2cccs2)N1. The molecule has 0 radical (unpaired) electrons. The second-order valence-electron chi connectivity index (χ2n) is 4.29. The molecule has 19 heavy (non-hydrogen) atoms. The van der Waals surface area contributed by atoms with Crippen molar-refractivity contribution in [3.05, 3.63) is 56.7 Å². The van der Waals surface area contributed by atoms with Crippen molar-refractivity contribution in [3.63, 3.8) is 0 Å². The number of hydrogen-bond acceptors (Lipinski definition) is 2. The Morgan fingerprint density at radius 3 is 2.74 bits per heavy atom. The van der Waals surface area contributed by atoms with Gasteiger partial charge in [0.25, 0.3) is 0 Å². The molecule has 0 spiro atoms. The number of rotatable bonds is 2. The van der Waals surface area contributed by atoms with E-state index in [1.165, 1.54) is 4.88 Å². The largest absolute Gasteiger partial charge is 0.353 e. The monoisotopic (exact) mass is 350 g/mol. The minimum Gasteiger partial charge on any atom is -0.353 e. The first-order valence-corrected chi connectivity index (χ1v) is 7.98. The molecule has 0 amide bonds. The number of hydrogen-bond donors (Lipinski definition) is 1. The molecule has 1 aromatic heterocycles. The summed E-state index contributed by atoms with van der Waals surface area (Å²) < 4.78 is 1.07. The van der Waals surface area contributed by atoms with Crippen LogP contribution in [0, 0.1) is 0 Å². The third-order valence-electron chi connectivity index (χ3n) is 3.00. The van der Waals surface area contributed by atoms with Crippen molar-refractivity contribution in [2.45, 2.75) is 12.5 Å². The summed E-state index contributed by atoms with van der Waals surface area (Å²) in [5.41, 5.74) is 2.18. The van der Waals surface area contributed by atoms with Crippen LogP contribution in [0.2, 0.25) is 0 Å². The van der Waals surface area contributed by atoms with Gasteiger partial charge in [-0.25, -0.2) is 4.99 Å². The minimum atomic E-state index is 0.239. The molecule has 1 aromatic carbocycles. The fraction of sp³-hybridized carbons (Fsp3) is 0.143. The fourth-order valence-corrected chi connectivity index (χ4v) is 3.37. The van der Waals surface area contributed by atoms with Crippen molar-refractivity contribution >= 4 is 50.3 Å². The highest BCUT2D eigenvalue weighted by Gasteiger charge is 2.22. The standard InChI is InChI=1S/C14H11BrN2S2/c15-10-5-3-9(4-6-10)11-8-12(17-14(18)16-11)13-2-1-7-19-13/h1-7,12H,8H2,(H,17,18). The van der Waals surface area contributed by atoms with Crippen LogP contribution in [-0.4, -0.2) is 10.8 Å². The van der Waals surface area contributed by atoms with Crippen molar-refractivity contribution in [3.8, 4) is 0 Å². The summed E-state index contributed by atoms with van der Waals surface area (Å²) in [4.78, 5) is 5.77. The summed E-state index contributed by atoms with van der Waals surface area (Å²) in [6.07, 6.45) is 0.863. The van der Waals surface area contributed by atoms with E-state index in [1.807, 2.05) is 12.1 Å². The van der Waals surface area contributed by atoms with Crippen LogP contribution < -0.4 is 5.32 Å². The Morgan fingerprint density at radius 1 is 1.26 bits per heavy atom. The van der Waals surface area contributed by atoms with E-state index in [4.69, 9.17) is 12.2 Å². The van der Waals surface area contributed by atoms with Gasteiger partial charge in [0.05, 0.1) is 11.8 Å². The van der Waals surface area contributed by atoms with E-state index in [9.17, 15) is 0 Å². The lowest BCUT2D eigenvalue weighted by Gasteiger charge is -2.23. The van der Waals surface area contributed by atoms with E-state index in [-0.39, 0.29) is 6.04 Å². The van der Waals surface area contributed by atoms with Crippen LogP contribution in [0.4, 0.5) is 0 Å². The summed E-state index contributed by atoms with van der Waals surface area (Å²) in [6.45, 7) is 0. The molecule has 1 atom stereocenters. The number of aliphatic imine (C=N–C) groups is 1. The predicted octanol–water partition coefficient (Wildman–Crippen LogP) is 4.32. The zero-order valence-electron chi connectivity index (χ0n) is 9.97. The van der Waals surface area contributed by atoms with Crippen LogP contribution in [0.15, 0.2) is 51.2 Å². The first kappa shape index (κ1) is 13.0. The highest BCUT2D eigenvalue weighted by atomic mass is 79.9. The van der Waals surface area contributed by atoms with Gasteiger partial charge in [-0.1, -0.05) is 34.1 Å². The van der Waals surface area contributed by atoms with Gasteiger partial charge in [-0.3, -0.25) is 0 Å². The molecular formula is C14H11BrN2S2.